The van der Waals surface area contributed by atoms with Gasteiger partial charge in [0.05, 0.1) is 6.04 Å². The van der Waals surface area contributed by atoms with E-state index in [2.05, 4.69) is 59.7 Å². The first kappa shape index (κ1) is 18.5. The summed E-state index contributed by atoms with van der Waals surface area (Å²) >= 11 is 0. The van der Waals surface area contributed by atoms with Crippen molar-refractivity contribution >= 4 is 17.0 Å². The topological polar surface area (TPSA) is 54.1 Å². The molecule has 1 heterocycles. The molecule has 0 spiro atoms. The van der Waals surface area contributed by atoms with Crippen molar-refractivity contribution in [2.24, 2.45) is 5.92 Å². The zero-order valence-electron chi connectivity index (χ0n) is 16.8. The fraction of sp³-hybridized carbons (Fsp3) is 0.192. The largest absolute Gasteiger partial charge is 0.445 e. The number of para-hydroxylation sites is 1. The van der Waals surface area contributed by atoms with Crippen molar-refractivity contribution in [3.63, 3.8) is 0 Å². The molecule has 4 heteroatoms. The van der Waals surface area contributed by atoms with Crippen LogP contribution in [0.3, 0.4) is 0 Å². The molecule has 30 heavy (non-hydrogen) atoms. The Kier molecular flexibility index (Phi) is 4.75. The zero-order chi connectivity index (χ0) is 20.5. The summed E-state index contributed by atoms with van der Waals surface area (Å²) in [4.78, 5) is 16.2. The minimum absolute atomic E-state index is 0.138. The Morgan fingerprint density at radius 2 is 1.60 bits per heavy atom. The molecule has 1 aliphatic carbocycles. The van der Waals surface area contributed by atoms with Crippen molar-refractivity contribution in [1.82, 2.24) is 10.3 Å². The van der Waals surface area contributed by atoms with E-state index in [1.807, 2.05) is 42.5 Å². The van der Waals surface area contributed by atoms with E-state index in [1.165, 1.54) is 16.5 Å². The number of aromatic amines is 1. The van der Waals surface area contributed by atoms with E-state index in [4.69, 9.17) is 4.74 Å². The fourth-order valence-electron chi connectivity index (χ4n) is 4.71. The van der Waals surface area contributed by atoms with Gasteiger partial charge in [0.2, 0.25) is 0 Å². The lowest BCUT2D eigenvalue weighted by molar-refractivity contribution is 0.132. The normalized spacial score (nSPS) is 20.1. The third kappa shape index (κ3) is 3.24. The van der Waals surface area contributed by atoms with Crippen LogP contribution in [0.25, 0.3) is 10.9 Å². The predicted octanol–water partition coefficient (Wildman–Crippen LogP) is 5.92. The van der Waals surface area contributed by atoms with Gasteiger partial charge in [-0.15, -0.1) is 0 Å². The Balaban J connectivity index is 1.45. The number of fused-ring (bicyclic) bond motifs is 3. The van der Waals surface area contributed by atoms with Gasteiger partial charge in [-0.3, -0.25) is 0 Å². The Bertz CT molecular complexity index is 1170. The van der Waals surface area contributed by atoms with Crippen molar-refractivity contribution < 1.29 is 9.53 Å². The molecule has 0 aliphatic heterocycles. The average molecular weight is 396 g/mol. The van der Waals surface area contributed by atoms with Gasteiger partial charge in [-0.2, -0.15) is 0 Å². The number of benzene rings is 3. The smallest absolute Gasteiger partial charge is 0.408 e. The quantitative estimate of drug-likeness (QED) is 0.450. The third-order valence-electron chi connectivity index (χ3n) is 6.10. The minimum atomic E-state index is -0.394. The molecular formula is C26H24N2O2. The number of hydrogen-bond acceptors (Lipinski definition) is 2. The van der Waals surface area contributed by atoms with Gasteiger partial charge in [-0.25, -0.2) is 4.79 Å². The Morgan fingerprint density at radius 1 is 0.933 bits per heavy atom. The van der Waals surface area contributed by atoms with Gasteiger partial charge in [0.15, 0.2) is 0 Å². The highest BCUT2D eigenvalue weighted by molar-refractivity contribution is 5.87. The number of amides is 1. The van der Waals surface area contributed by atoms with Gasteiger partial charge >= 0.3 is 6.09 Å². The maximum atomic E-state index is 12.6. The molecule has 3 atom stereocenters. The van der Waals surface area contributed by atoms with Crippen LogP contribution in [-0.2, 0) is 11.3 Å². The van der Waals surface area contributed by atoms with E-state index in [0.29, 0.717) is 0 Å². The SMILES string of the molecule is C[C@@H]1[C@@H](c2ccccc2)c2c([nH]c3ccccc23)[C@H]1NC(=O)OCc1ccccc1. The summed E-state index contributed by atoms with van der Waals surface area (Å²) in [5.74, 6) is 0.402. The molecule has 0 bridgehead atoms. The second-order valence-corrected chi connectivity index (χ2v) is 7.93. The number of carbonyl (C=O) groups excluding carboxylic acids is 1. The van der Waals surface area contributed by atoms with Crippen LogP contribution in [0.2, 0.25) is 0 Å². The first-order chi connectivity index (χ1) is 14.7. The Labute approximate surface area is 175 Å². The summed E-state index contributed by atoms with van der Waals surface area (Å²) in [5, 5.41) is 4.34. The van der Waals surface area contributed by atoms with E-state index < -0.39 is 6.09 Å². The van der Waals surface area contributed by atoms with Crippen molar-refractivity contribution in [2.45, 2.75) is 25.5 Å². The van der Waals surface area contributed by atoms with Crippen LogP contribution in [0.4, 0.5) is 4.79 Å². The highest BCUT2D eigenvalue weighted by Crippen LogP contribution is 2.50. The lowest BCUT2D eigenvalue weighted by Gasteiger charge is -2.23. The number of nitrogens with one attached hydrogen (secondary N) is 2. The number of aromatic nitrogens is 1. The van der Waals surface area contributed by atoms with Crippen LogP contribution in [0.1, 0.15) is 41.3 Å². The van der Waals surface area contributed by atoms with E-state index in [1.54, 1.807) is 0 Å². The number of hydrogen-bond donors (Lipinski definition) is 2. The molecule has 0 unspecified atom stereocenters. The maximum Gasteiger partial charge on any atom is 0.408 e. The van der Waals surface area contributed by atoms with Gasteiger partial charge in [-0.05, 0) is 28.7 Å². The van der Waals surface area contributed by atoms with Crippen molar-refractivity contribution in [3.8, 4) is 0 Å². The first-order valence-corrected chi connectivity index (χ1v) is 10.3. The van der Waals surface area contributed by atoms with Crippen LogP contribution in [-0.4, -0.2) is 11.1 Å². The first-order valence-electron chi connectivity index (χ1n) is 10.3. The van der Waals surface area contributed by atoms with Crippen LogP contribution in [0.5, 0.6) is 0 Å². The zero-order valence-corrected chi connectivity index (χ0v) is 16.8. The van der Waals surface area contributed by atoms with Gasteiger partial charge < -0.3 is 15.0 Å². The maximum absolute atomic E-state index is 12.6. The predicted molar refractivity (Wildman–Crippen MR) is 118 cm³/mol. The minimum Gasteiger partial charge on any atom is -0.445 e. The van der Waals surface area contributed by atoms with Gasteiger partial charge in [0.1, 0.15) is 6.61 Å². The van der Waals surface area contributed by atoms with Crippen LogP contribution >= 0.6 is 0 Å². The second-order valence-electron chi connectivity index (χ2n) is 7.93. The summed E-state index contributed by atoms with van der Waals surface area (Å²) < 4.78 is 5.50. The summed E-state index contributed by atoms with van der Waals surface area (Å²) in [6.45, 7) is 2.46. The summed E-state index contributed by atoms with van der Waals surface area (Å²) in [6.07, 6.45) is -0.394. The molecule has 150 valence electrons. The van der Waals surface area contributed by atoms with Crippen molar-refractivity contribution in [1.29, 1.82) is 0 Å². The number of H-pyrrole nitrogens is 1. The molecule has 0 radical (unpaired) electrons. The molecule has 4 nitrogen and oxygen atoms in total. The van der Waals surface area contributed by atoms with Crippen molar-refractivity contribution in [3.05, 3.63) is 107 Å². The fourth-order valence-corrected chi connectivity index (χ4v) is 4.71. The van der Waals surface area contributed by atoms with Gasteiger partial charge in [0, 0.05) is 22.5 Å². The molecule has 1 aliphatic rings. The molecule has 0 saturated carbocycles. The van der Waals surface area contributed by atoms with E-state index >= 15 is 0 Å². The van der Waals surface area contributed by atoms with Gasteiger partial charge in [0.25, 0.3) is 0 Å². The molecule has 0 saturated heterocycles. The molecule has 2 N–H and O–H groups in total. The number of alkyl carbamates (subject to hydrolysis) is 1. The molecule has 4 aromatic rings. The molecule has 0 fully saturated rings. The average Bonchev–Trinajstić information content (AvgIpc) is 3.28. The molecule has 5 rings (SSSR count). The van der Waals surface area contributed by atoms with Crippen LogP contribution < -0.4 is 5.32 Å². The number of carbonyl (C=O) groups is 1. The lowest BCUT2D eigenvalue weighted by Crippen LogP contribution is -2.32. The standard InChI is InChI=1S/C26H24N2O2/c1-17-22(19-12-6-3-7-13-19)23-20-14-8-9-15-21(20)27-25(23)24(17)28-26(29)30-16-18-10-4-2-5-11-18/h2-15,17,22,24,27H,16H2,1H3,(H,28,29)/t17-,22+,24+/m1/s1. The summed E-state index contributed by atoms with van der Waals surface area (Å²) in [6, 6.07) is 28.5. The summed E-state index contributed by atoms with van der Waals surface area (Å²) in [7, 11) is 0. The monoisotopic (exact) mass is 396 g/mol. The highest BCUT2D eigenvalue weighted by atomic mass is 16.5. The van der Waals surface area contributed by atoms with Crippen molar-refractivity contribution in [2.75, 3.05) is 0 Å². The van der Waals surface area contributed by atoms with Gasteiger partial charge in [-0.1, -0.05) is 85.8 Å². The van der Waals surface area contributed by atoms with Crippen LogP contribution in [0.15, 0.2) is 84.9 Å². The van der Waals surface area contributed by atoms with E-state index in [9.17, 15) is 4.79 Å². The molecule has 1 aromatic heterocycles. The summed E-state index contributed by atoms with van der Waals surface area (Å²) in [5.41, 5.74) is 5.69. The Morgan fingerprint density at radius 3 is 2.37 bits per heavy atom. The van der Waals surface area contributed by atoms with E-state index in [0.717, 1.165) is 16.8 Å². The second kappa shape index (κ2) is 7.71. The van der Waals surface area contributed by atoms with Crippen LogP contribution in [0, 0.1) is 5.92 Å². The lowest BCUT2D eigenvalue weighted by atomic mass is 9.85. The number of ether oxygens (including phenoxy) is 1. The highest BCUT2D eigenvalue weighted by Gasteiger charge is 2.42. The number of rotatable bonds is 4. The van der Waals surface area contributed by atoms with E-state index in [-0.39, 0.29) is 24.5 Å². The molecular weight excluding hydrogens is 372 g/mol. The third-order valence-corrected chi connectivity index (χ3v) is 6.10. The molecule has 3 aromatic carbocycles. The Hall–Kier alpha value is -3.53. The molecule has 1 amide bonds.